The Labute approximate surface area is 161 Å². The van der Waals surface area contributed by atoms with Gasteiger partial charge in [-0.3, -0.25) is 9.36 Å². The zero-order valence-electron chi connectivity index (χ0n) is 15.4. The summed E-state index contributed by atoms with van der Waals surface area (Å²) in [7, 11) is 1.32. The van der Waals surface area contributed by atoms with E-state index in [9.17, 15) is 32.3 Å². The van der Waals surface area contributed by atoms with Gasteiger partial charge >= 0.3 is 12.1 Å². The highest BCUT2D eigenvalue weighted by Gasteiger charge is 2.32. The van der Waals surface area contributed by atoms with E-state index in [4.69, 9.17) is 4.74 Å². The van der Waals surface area contributed by atoms with E-state index >= 15 is 0 Å². The third kappa shape index (κ3) is 3.69. The molecule has 2 heterocycles. The molecule has 2 aromatic heterocycles. The Balaban J connectivity index is 2.40. The molecule has 0 bridgehead atoms. The van der Waals surface area contributed by atoms with Crippen molar-refractivity contribution in [3.63, 3.8) is 0 Å². The number of carboxylic acid groups (broad SMARTS) is 1. The molecule has 0 fully saturated rings. The van der Waals surface area contributed by atoms with Crippen molar-refractivity contribution in [2.75, 3.05) is 6.61 Å². The van der Waals surface area contributed by atoms with Crippen LogP contribution in [0.25, 0.3) is 16.6 Å². The maximum atomic E-state index is 13.7. The summed E-state index contributed by atoms with van der Waals surface area (Å²) in [6, 6.07) is 6.61. The van der Waals surface area contributed by atoms with Crippen LogP contribution < -0.4 is 10.3 Å². The van der Waals surface area contributed by atoms with Gasteiger partial charge in [-0.05, 0) is 30.7 Å². The second-order valence-electron chi connectivity index (χ2n) is 6.32. The molecule has 3 aromatic rings. The predicted molar refractivity (Wildman–Crippen MR) is 96.4 cm³/mol. The summed E-state index contributed by atoms with van der Waals surface area (Å²) in [5.41, 5.74) is -0.691. The lowest BCUT2D eigenvalue weighted by molar-refractivity contribution is -0.153. The van der Waals surface area contributed by atoms with Gasteiger partial charge in [0.05, 0.1) is 11.2 Å². The van der Waals surface area contributed by atoms with Crippen molar-refractivity contribution in [3.05, 3.63) is 57.9 Å². The van der Waals surface area contributed by atoms with Crippen LogP contribution in [0.2, 0.25) is 0 Å². The van der Waals surface area contributed by atoms with Gasteiger partial charge in [0.1, 0.15) is 11.2 Å². The van der Waals surface area contributed by atoms with Crippen LogP contribution in [0.3, 0.4) is 0 Å². The second-order valence-corrected chi connectivity index (χ2v) is 6.32. The normalized spacial score (nSPS) is 11.8. The minimum atomic E-state index is -4.73. The minimum Gasteiger partial charge on any atom is -0.481 e. The number of rotatable bonds is 5. The molecule has 10 heteroatoms. The van der Waals surface area contributed by atoms with Crippen LogP contribution in [0.5, 0.6) is 5.75 Å². The summed E-state index contributed by atoms with van der Waals surface area (Å²) in [6.07, 6.45) is -4.41. The van der Waals surface area contributed by atoms with E-state index in [1.807, 2.05) is 0 Å². The Morgan fingerprint density at radius 1 is 1.24 bits per heavy atom. The molecule has 1 aromatic carbocycles. The van der Waals surface area contributed by atoms with Gasteiger partial charge in [-0.25, -0.2) is 9.18 Å². The number of hydrogen-bond donors (Lipinski definition) is 1. The van der Waals surface area contributed by atoms with Gasteiger partial charge in [0, 0.05) is 12.7 Å². The molecule has 0 atom stereocenters. The molecule has 0 saturated carbocycles. The fourth-order valence-corrected chi connectivity index (χ4v) is 3.21. The zero-order chi connectivity index (χ0) is 21.5. The van der Waals surface area contributed by atoms with E-state index in [0.29, 0.717) is 12.1 Å². The summed E-state index contributed by atoms with van der Waals surface area (Å²) in [5, 5.41) is 9.15. The number of carboxylic acids is 1. The van der Waals surface area contributed by atoms with Crippen LogP contribution in [0.1, 0.15) is 23.1 Å². The molecule has 0 aliphatic carbocycles. The molecule has 0 aliphatic heterocycles. The number of ether oxygens (including phenoxy) is 1. The molecular weight excluding hydrogens is 396 g/mol. The first kappa shape index (κ1) is 20.4. The molecule has 6 nitrogen and oxygen atoms in total. The Morgan fingerprint density at radius 2 is 1.93 bits per heavy atom. The van der Waals surface area contributed by atoms with Gasteiger partial charge in [0.2, 0.25) is 0 Å². The van der Waals surface area contributed by atoms with Crippen LogP contribution in [-0.2, 0) is 13.5 Å². The number of fused-ring (bicyclic) bond motifs is 1. The van der Waals surface area contributed by atoms with Crippen LogP contribution in [0.4, 0.5) is 17.6 Å². The van der Waals surface area contributed by atoms with E-state index in [1.54, 1.807) is 6.92 Å². The number of hydrogen-bond acceptors (Lipinski definition) is 3. The maximum Gasteiger partial charge on any atom is 0.422 e. The topological polar surface area (TPSA) is 73.5 Å². The first-order chi connectivity index (χ1) is 13.5. The number of benzene rings is 1. The van der Waals surface area contributed by atoms with Crippen molar-refractivity contribution in [2.24, 2.45) is 7.05 Å². The van der Waals surface area contributed by atoms with Crippen LogP contribution in [0.15, 0.2) is 35.1 Å². The lowest BCUT2D eigenvalue weighted by atomic mass is 10.2. The van der Waals surface area contributed by atoms with E-state index in [0.717, 1.165) is 15.2 Å². The number of nitrogens with zero attached hydrogens (tertiary/aromatic N) is 2. The summed E-state index contributed by atoms with van der Waals surface area (Å²) >= 11 is 0. The zero-order valence-corrected chi connectivity index (χ0v) is 15.4. The number of pyridine rings is 1. The fourth-order valence-electron chi connectivity index (χ4n) is 3.21. The lowest BCUT2D eigenvalue weighted by Gasteiger charge is -2.13. The molecule has 154 valence electrons. The van der Waals surface area contributed by atoms with Gasteiger partial charge < -0.3 is 14.4 Å². The summed E-state index contributed by atoms with van der Waals surface area (Å²) in [4.78, 5) is 24.9. The number of aryl methyl sites for hydroxylation is 2. The van der Waals surface area contributed by atoms with E-state index < -0.39 is 41.6 Å². The molecule has 0 amide bonds. The quantitative estimate of drug-likeness (QED) is 0.649. The molecule has 29 heavy (non-hydrogen) atoms. The highest BCUT2D eigenvalue weighted by molar-refractivity contribution is 6.00. The largest absolute Gasteiger partial charge is 0.481 e. The van der Waals surface area contributed by atoms with Crippen molar-refractivity contribution < 1.29 is 32.2 Å². The molecule has 0 unspecified atom stereocenters. The molecule has 0 radical (unpaired) electrons. The summed E-state index contributed by atoms with van der Waals surface area (Å²) in [6.45, 7) is -0.0279. The molecule has 1 N–H and O–H groups in total. The van der Waals surface area contributed by atoms with Crippen molar-refractivity contribution in [1.82, 2.24) is 9.13 Å². The first-order valence-corrected chi connectivity index (χ1v) is 8.51. The number of aromatic nitrogens is 2. The van der Waals surface area contributed by atoms with Crippen molar-refractivity contribution in [2.45, 2.75) is 19.5 Å². The standard InChI is InChI=1S/C19H16F4N2O4/c1-3-11-8-13-14(17(26)25(11)12-6-4-5-10(20)7-12)16(29-9-19(21,22)23)15(18(27)28)24(13)2/h4-8H,3,9H2,1-2H3,(H,27,28). The minimum absolute atomic E-state index is 0.106. The average Bonchev–Trinajstić information content (AvgIpc) is 2.91. The molecule has 3 rings (SSSR count). The Bertz CT molecular complexity index is 1160. The number of carbonyl (C=O) groups is 1. The summed E-state index contributed by atoms with van der Waals surface area (Å²) in [5.74, 6) is -2.83. The third-order valence-electron chi connectivity index (χ3n) is 4.41. The maximum absolute atomic E-state index is 13.7. The third-order valence-corrected chi connectivity index (χ3v) is 4.41. The molecule has 0 saturated heterocycles. The number of halogens is 4. The Morgan fingerprint density at radius 3 is 2.48 bits per heavy atom. The van der Waals surface area contributed by atoms with Gasteiger partial charge in [0.15, 0.2) is 18.1 Å². The van der Waals surface area contributed by atoms with Gasteiger partial charge in [-0.2, -0.15) is 13.2 Å². The second kappa shape index (κ2) is 7.26. The lowest BCUT2D eigenvalue weighted by Crippen LogP contribution is -2.23. The van der Waals surface area contributed by atoms with Crippen LogP contribution >= 0.6 is 0 Å². The molecule has 0 spiro atoms. The smallest absolute Gasteiger partial charge is 0.422 e. The van der Waals surface area contributed by atoms with Crippen molar-refractivity contribution >= 4 is 16.9 Å². The molecular formula is C19H16F4N2O4. The van der Waals surface area contributed by atoms with Crippen molar-refractivity contribution in [3.8, 4) is 11.4 Å². The average molecular weight is 412 g/mol. The molecule has 0 aliphatic rings. The number of aromatic carboxylic acids is 1. The van der Waals surface area contributed by atoms with Gasteiger partial charge in [-0.15, -0.1) is 0 Å². The first-order valence-electron chi connectivity index (χ1n) is 8.51. The highest BCUT2D eigenvalue weighted by Crippen LogP contribution is 2.33. The van der Waals surface area contributed by atoms with E-state index in [-0.39, 0.29) is 16.6 Å². The Kier molecular flexibility index (Phi) is 5.12. The van der Waals surface area contributed by atoms with Gasteiger partial charge in [-0.1, -0.05) is 13.0 Å². The summed E-state index contributed by atoms with van der Waals surface area (Å²) < 4.78 is 58.7. The van der Waals surface area contributed by atoms with Crippen molar-refractivity contribution in [1.29, 1.82) is 0 Å². The SMILES string of the molecule is CCc1cc2c(c(OCC(F)(F)F)c(C(=O)O)n2C)c(=O)n1-c1cccc(F)c1. The van der Waals surface area contributed by atoms with Crippen LogP contribution in [0, 0.1) is 5.82 Å². The monoisotopic (exact) mass is 412 g/mol. The van der Waals surface area contributed by atoms with E-state index in [2.05, 4.69) is 0 Å². The van der Waals surface area contributed by atoms with E-state index in [1.165, 1.54) is 31.3 Å². The Hall–Kier alpha value is -3.30. The predicted octanol–water partition coefficient (Wildman–Crippen LogP) is 3.67. The number of alkyl halides is 3. The fraction of sp³-hybridized carbons (Fsp3) is 0.263. The van der Waals surface area contributed by atoms with Gasteiger partial charge in [0.25, 0.3) is 5.56 Å². The highest BCUT2D eigenvalue weighted by atomic mass is 19.4. The van der Waals surface area contributed by atoms with Crippen LogP contribution in [-0.4, -0.2) is 33.0 Å².